The molecule has 136 valence electrons. The monoisotopic (exact) mass is 362 g/mol. The molecule has 27 heavy (non-hydrogen) atoms. The van der Waals surface area contributed by atoms with E-state index in [9.17, 15) is 9.59 Å². The Hall–Kier alpha value is -3.34. The molecule has 0 N–H and O–H groups in total. The van der Waals surface area contributed by atoms with Crippen molar-refractivity contribution in [3.63, 3.8) is 0 Å². The Balaban J connectivity index is 2.06. The van der Waals surface area contributed by atoms with Gasteiger partial charge in [-0.1, -0.05) is 30.3 Å². The zero-order valence-corrected chi connectivity index (χ0v) is 15.2. The summed E-state index contributed by atoms with van der Waals surface area (Å²) in [6.45, 7) is 3.59. The van der Waals surface area contributed by atoms with Crippen LogP contribution in [0.4, 0.5) is 0 Å². The van der Waals surface area contributed by atoms with Gasteiger partial charge in [0.15, 0.2) is 5.43 Å². The van der Waals surface area contributed by atoms with Crippen LogP contribution in [0.5, 0.6) is 5.75 Å². The Morgan fingerprint density at radius 3 is 2.37 bits per heavy atom. The Morgan fingerprint density at radius 2 is 1.74 bits per heavy atom. The topological polar surface area (TPSA) is 65.7 Å². The van der Waals surface area contributed by atoms with Gasteiger partial charge in [-0.15, -0.1) is 0 Å². The minimum absolute atomic E-state index is 0.190. The van der Waals surface area contributed by atoms with E-state index in [4.69, 9.17) is 13.9 Å². The van der Waals surface area contributed by atoms with Crippen molar-refractivity contribution in [3.8, 4) is 17.1 Å². The highest BCUT2D eigenvalue weighted by Gasteiger charge is 2.35. The minimum atomic E-state index is -0.739. The number of ether oxygens (including phenoxy) is 2. The molecule has 5 nitrogen and oxygen atoms in total. The molecule has 3 aromatic rings. The van der Waals surface area contributed by atoms with E-state index in [-0.39, 0.29) is 5.43 Å². The summed E-state index contributed by atoms with van der Waals surface area (Å²) in [5, 5.41) is 0.379. The molecule has 0 bridgehead atoms. The third-order valence-corrected chi connectivity index (χ3v) is 4.47. The number of hydrogen-bond donors (Lipinski definition) is 0. The number of hydrogen-bond acceptors (Lipinski definition) is 5. The van der Waals surface area contributed by atoms with Crippen molar-refractivity contribution in [2.24, 2.45) is 0 Å². The van der Waals surface area contributed by atoms with Gasteiger partial charge in [0.1, 0.15) is 22.7 Å². The molecular weight excluding hydrogens is 344 g/mol. The van der Waals surface area contributed by atoms with E-state index in [0.717, 1.165) is 5.56 Å². The molecule has 4 rings (SSSR count). The largest absolute Gasteiger partial charge is 0.496 e. The first-order chi connectivity index (χ1) is 12.9. The molecule has 0 radical (unpaired) electrons. The smallest absolute Gasteiger partial charge is 0.339 e. The van der Waals surface area contributed by atoms with Gasteiger partial charge in [0.25, 0.3) is 0 Å². The molecule has 1 aromatic heterocycles. The van der Waals surface area contributed by atoms with Crippen LogP contribution in [0.3, 0.4) is 0 Å². The summed E-state index contributed by atoms with van der Waals surface area (Å²) in [7, 11) is 1.51. The molecule has 1 aliphatic heterocycles. The molecule has 5 heteroatoms. The van der Waals surface area contributed by atoms with Gasteiger partial charge in [0.05, 0.1) is 23.6 Å². The number of fused-ring (bicyclic) bond motifs is 1. The molecular formula is C22H18O5. The fourth-order valence-electron chi connectivity index (χ4n) is 3.27. The second kappa shape index (κ2) is 6.13. The highest BCUT2D eigenvalue weighted by atomic mass is 16.6. The molecule has 0 saturated carbocycles. The highest BCUT2D eigenvalue weighted by molar-refractivity contribution is 6.22. The lowest BCUT2D eigenvalue weighted by Crippen LogP contribution is -2.18. The van der Waals surface area contributed by atoms with Gasteiger partial charge in [0.2, 0.25) is 0 Å². The van der Waals surface area contributed by atoms with Gasteiger partial charge in [-0.2, -0.15) is 0 Å². The number of carbonyl (C=O) groups is 1. The lowest BCUT2D eigenvalue weighted by Gasteiger charge is -2.13. The average Bonchev–Trinajstić information content (AvgIpc) is 2.93. The molecule has 0 fully saturated rings. The third-order valence-electron chi connectivity index (χ3n) is 4.47. The maximum absolute atomic E-state index is 12.7. The van der Waals surface area contributed by atoms with Crippen LogP contribution in [-0.2, 0) is 9.53 Å². The van der Waals surface area contributed by atoms with Crippen molar-refractivity contribution < 1.29 is 18.7 Å². The summed E-state index contributed by atoms with van der Waals surface area (Å²) in [5.41, 5.74) is 0.911. The summed E-state index contributed by atoms with van der Waals surface area (Å²) in [5.74, 6) is 0.393. The predicted molar refractivity (Wildman–Crippen MR) is 103 cm³/mol. The Bertz CT molecular complexity index is 1140. The maximum Gasteiger partial charge on any atom is 0.339 e. The van der Waals surface area contributed by atoms with Crippen LogP contribution in [0.2, 0.25) is 0 Å². The lowest BCUT2D eigenvalue weighted by molar-refractivity contribution is -0.142. The molecule has 0 unspecified atom stereocenters. The minimum Gasteiger partial charge on any atom is -0.496 e. The number of benzene rings is 2. The van der Waals surface area contributed by atoms with Crippen LogP contribution in [0.1, 0.15) is 19.4 Å². The maximum atomic E-state index is 12.7. The van der Waals surface area contributed by atoms with E-state index in [1.165, 1.54) is 13.2 Å². The fourth-order valence-corrected chi connectivity index (χ4v) is 3.27. The standard InChI is InChI=1S/C22H18O5/c1-22(2)12-15(21(24)27-22)19-17(25-3)10-9-14-16(23)11-18(26-20(14)19)13-7-5-4-6-8-13/h4-12H,1-3H3. The zero-order valence-electron chi connectivity index (χ0n) is 15.2. The first-order valence-corrected chi connectivity index (χ1v) is 8.56. The van der Waals surface area contributed by atoms with Crippen LogP contribution in [-0.4, -0.2) is 18.7 Å². The number of cyclic esters (lactones) is 1. The van der Waals surface area contributed by atoms with Crippen molar-refractivity contribution in [2.45, 2.75) is 19.4 Å². The molecule has 1 aliphatic rings. The molecule has 0 amide bonds. The first kappa shape index (κ1) is 17.1. The van der Waals surface area contributed by atoms with Crippen molar-refractivity contribution in [2.75, 3.05) is 7.11 Å². The summed E-state index contributed by atoms with van der Waals surface area (Å²) in [6, 6.07) is 14.1. The zero-order chi connectivity index (χ0) is 19.2. The molecule has 0 aliphatic carbocycles. The first-order valence-electron chi connectivity index (χ1n) is 8.56. The van der Waals surface area contributed by atoms with Gasteiger partial charge in [-0.3, -0.25) is 4.79 Å². The van der Waals surface area contributed by atoms with Crippen molar-refractivity contribution in [3.05, 3.63) is 70.4 Å². The van der Waals surface area contributed by atoms with Crippen LogP contribution in [0.25, 0.3) is 27.9 Å². The van der Waals surface area contributed by atoms with E-state index in [2.05, 4.69) is 0 Å². The van der Waals surface area contributed by atoms with Crippen LogP contribution in [0.15, 0.2) is 63.8 Å². The quantitative estimate of drug-likeness (QED) is 0.654. The van der Waals surface area contributed by atoms with E-state index in [0.29, 0.717) is 33.6 Å². The van der Waals surface area contributed by atoms with Crippen molar-refractivity contribution in [1.82, 2.24) is 0 Å². The molecule has 0 spiro atoms. The van der Waals surface area contributed by atoms with Gasteiger partial charge >= 0.3 is 5.97 Å². The van der Waals surface area contributed by atoms with Gasteiger partial charge < -0.3 is 13.9 Å². The number of rotatable bonds is 3. The van der Waals surface area contributed by atoms with Gasteiger partial charge in [0, 0.05) is 11.6 Å². The van der Waals surface area contributed by atoms with Crippen LogP contribution >= 0.6 is 0 Å². The Morgan fingerprint density at radius 1 is 1.00 bits per heavy atom. The highest BCUT2D eigenvalue weighted by Crippen LogP contribution is 2.39. The summed E-state index contributed by atoms with van der Waals surface area (Å²) in [4.78, 5) is 25.2. The third kappa shape index (κ3) is 2.91. The molecule has 2 aromatic carbocycles. The number of methoxy groups -OCH3 is 1. The fraction of sp³-hybridized carbons (Fsp3) is 0.182. The summed E-state index contributed by atoms with van der Waals surface area (Å²) < 4.78 is 17.0. The summed E-state index contributed by atoms with van der Waals surface area (Å²) in [6.07, 6.45) is 1.72. The second-order valence-electron chi connectivity index (χ2n) is 6.91. The Labute approximate surface area is 155 Å². The average molecular weight is 362 g/mol. The van der Waals surface area contributed by atoms with Crippen LogP contribution < -0.4 is 10.2 Å². The van der Waals surface area contributed by atoms with E-state index in [1.54, 1.807) is 32.1 Å². The van der Waals surface area contributed by atoms with Crippen LogP contribution in [0, 0.1) is 0 Å². The van der Waals surface area contributed by atoms with E-state index in [1.807, 2.05) is 30.3 Å². The second-order valence-corrected chi connectivity index (χ2v) is 6.91. The molecule has 0 atom stereocenters. The normalized spacial score (nSPS) is 15.5. The van der Waals surface area contributed by atoms with Crippen molar-refractivity contribution in [1.29, 1.82) is 0 Å². The van der Waals surface area contributed by atoms with E-state index < -0.39 is 11.6 Å². The van der Waals surface area contributed by atoms with Crippen molar-refractivity contribution >= 4 is 22.5 Å². The molecule has 2 heterocycles. The van der Waals surface area contributed by atoms with Gasteiger partial charge in [-0.05, 0) is 32.1 Å². The summed E-state index contributed by atoms with van der Waals surface area (Å²) >= 11 is 0. The SMILES string of the molecule is COc1ccc2c(=O)cc(-c3ccccc3)oc2c1C1=CC(C)(C)OC1=O. The van der Waals surface area contributed by atoms with Gasteiger partial charge in [-0.25, -0.2) is 4.79 Å². The number of carbonyl (C=O) groups excluding carboxylic acids is 1. The lowest BCUT2D eigenvalue weighted by atomic mass is 9.98. The Kier molecular flexibility index (Phi) is 3.88. The number of esters is 1. The van der Waals surface area contributed by atoms with E-state index >= 15 is 0 Å². The predicted octanol–water partition coefficient (Wildman–Crippen LogP) is 4.19. The molecule has 0 saturated heterocycles.